The Balaban J connectivity index is 3.32. The van der Waals surface area contributed by atoms with Gasteiger partial charge in [-0.2, -0.15) is 0 Å². The number of aryl methyl sites for hydroxylation is 2. The van der Waals surface area contributed by atoms with Crippen molar-refractivity contribution < 1.29 is 14.7 Å². The van der Waals surface area contributed by atoms with E-state index in [-0.39, 0.29) is 12.5 Å². The summed E-state index contributed by atoms with van der Waals surface area (Å²) < 4.78 is 0. The lowest BCUT2D eigenvalue weighted by Crippen LogP contribution is -2.43. The van der Waals surface area contributed by atoms with Crippen molar-refractivity contribution in [1.82, 2.24) is 0 Å². The fourth-order valence-corrected chi connectivity index (χ4v) is 2.26. The molecule has 1 unspecified atom stereocenters. The van der Waals surface area contributed by atoms with Crippen molar-refractivity contribution in [2.45, 2.75) is 41.5 Å². The van der Waals surface area contributed by atoms with Crippen molar-refractivity contribution in [3.8, 4) is 0 Å². The van der Waals surface area contributed by atoms with Gasteiger partial charge in [-0.3, -0.25) is 9.59 Å². The lowest BCUT2D eigenvalue weighted by Gasteiger charge is -2.33. The van der Waals surface area contributed by atoms with Gasteiger partial charge in [0.2, 0.25) is 5.91 Å². The molecule has 0 aromatic heterocycles. The zero-order chi connectivity index (χ0) is 16.4. The molecule has 0 fully saturated rings. The van der Waals surface area contributed by atoms with Crippen LogP contribution in [0.2, 0.25) is 0 Å². The summed E-state index contributed by atoms with van der Waals surface area (Å²) in [5, 5.41) is 9.16. The predicted molar refractivity (Wildman–Crippen MR) is 84.5 cm³/mol. The first-order chi connectivity index (χ1) is 9.55. The van der Waals surface area contributed by atoms with E-state index in [0.29, 0.717) is 0 Å². The Morgan fingerprint density at radius 2 is 1.67 bits per heavy atom. The number of carboxylic acid groups (broad SMARTS) is 1. The largest absolute Gasteiger partial charge is 0.481 e. The molecular formula is C17H25NO3. The molecule has 1 aromatic carbocycles. The van der Waals surface area contributed by atoms with Gasteiger partial charge in [0.05, 0.1) is 5.92 Å². The van der Waals surface area contributed by atoms with Crippen molar-refractivity contribution in [2.24, 2.45) is 11.3 Å². The number of anilines is 1. The highest BCUT2D eigenvalue weighted by Gasteiger charge is 2.31. The molecule has 1 atom stereocenters. The number of aliphatic carboxylic acids is 1. The molecule has 0 aliphatic carbocycles. The summed E-state index contributed by atoms with van der Waals surface area (Å²) >= 11 is 0. The number of hydrogen-bond acceptors (Lipinski definition) is 2. The molecule has 1 rings (SSSR count). The van der Waals surface area contributed by atoms with Crippen molar-refractivity contribution in [3.05, 3.63) is 29.3 Å². The molecule has 0 saturated carbocycles. The van der Waals surface area contributed by atoms with E-state index in [1.807, 2.05) is 52.8 Å². The molecule has 0 aliphatic heterocycles. The molecule has 116 valence electrons. The highest BCUT2D eigenvalue weighted by atomic mass is 16.4. The molecule has 1 amide bonds. The van der Waals surface area contributed by atoms with Gasteiger partial charge in [0, 0.05) is 17.6 Å². The van der Waals surface area contributed by atoms with Gasteiger partial charge in [-0.05, 0) is 25.0 Å². The van der Waals surface area contributed by atoms with E-state index in [9.17, 15) is 9.59 Å². The van der Waals surface area contributed by atoms with Crippen LogP contribution in [0.1, 0.15) is 38.8 Å². The van der Waals surface area contributed by atoms with Crippen molar-refractivity contribution in [1.29, 1.82) is 0 Å². The topological polar surface area (TPSA) is 57.6 Å². The van der Waals surface area contributed by atoms with E-state index in [0.717, 1.165) is 16.8 Å². The summed E-state index contributed by atoms with van der Waals surface area (Å²) in [6, 6.07) is 5.82. The van der Waals surface area contributed by atoms with Crippen molar-refractivity contribution >= 4 is 17.6 Å². The normalized spacial score (nSPS) is 12.9. The maximum atomic E-state index is 12.8. The average molecular weight is 291 g/mol. The van der Waals surface area contributed by atoms with Crippen molar-refractivity contribution in [2.75, 3.05) is 11.4 Å². The second-order valence-electron chi connectivity index (χ2n) is 6.65. The van der Waals surface area contributed by atoms with Crippen LogP contribution in [0.3, 0.4) is 0 Å². The van der Waals surface area contributed by atoms with Crippen LogP contribution in [0.4, 0.5) is 5.69 Å². The fraction of sp³-hybridized carbons (Fsp3) is 0.529. The highest BCUT2D eigenvalue weighted by molar-refractivity contribution is 5.98. The van der Waals surface area contributed by atoms with E-state index < -0.39 is 17.3 Å². The van der Waals surface area contributed by atoms with Gasteiger partial charge in [0.1, 0.15) is 0 Å². The summed E-state index contributed by atoms with van der Waals surface area (Å²) in [7, 11) is 0. The fourth-order valence-electron chi connectivity index (χ4n) is 2.26. The number of carboxylic acids is 1. The lowest BCUT2D eigenvalue weighted by molar-refractivity contribution is -0.140. The van der Waals surface area contributed by atoms with Crippen LogP contribution in [0, 0.1) is 25.2 Å². The van der Waals surface area contributed by atoms with Crippen LogP contribution in [-0.4, -0.2) is 23.5 Å². The summed E-state index contributed by atoms with van der Waals surface area (Å²) in [5.41, 5.74) is 2.22. The monoisotopic (exact) mass is 291 g/mol. The quantitative estimate of drug-likeness (QED) is 0.925. The van der Waals surface area contributed by atoms with Gasteiger partial charge < -0.3 is 10.0 Å². The smallest absolute Gasteiger partial charge is 0.308 e. The lowest BCUT2D eigenvalue weighted by atomic mass is 9.93. The molecule has 21 heavy (non-hydrogen) atoms. The number of rotatable bonds is 4. The van der Waals surface area contributed by atoms with Gasteiger partial charge in [0.15, 0.2) is 0 Å². The van der Waals surface area contributed by atoms with Crippen LogP contribution in [0.15, 0.2) is 18.2 Å². The third-order valence-electron chi connectivity index (χ3n) is 3.47. The maximum absolute atomic E-state index is 12.8. The zero-order valence-electron chi connectivity index (χ0n) is 13.7. The van der Waals surface area contributed by atoms with Crippen LogP contribution >= 0.6 is 0 Å². The predicted octanol–water partition coefficient (Wildman–Crippen LogP) is 3.40. The standard InChI is InChI=1S/C17H25NO3/c1-11-8-7-9-12(2)14(11)18(10-13(3)15(19)20)16(21)17(4,5)6/h7-9,13H,10H2,1-6H3,(H,19,20). The Labute approximate surface area is 126 Å². The average Bonchev–Trinajstić information content (AvgIpc) is 2.34. The molecule has 0 saturated heterocycles. The summed E-state index contributed by atoms with van der Waals surface area (Å²) in [4.78, 5) is 25.6. The minimum absolute atomic E-state index is 0.0620. The first-order valence-corrected chi connectivity index (χ1v) is 7.16. The van der Waals surface area contributed by atoms with E-state index in [2.05, 4.69) is 0 Å². The molecule has 4 nitrogen and oxygen atoms in total. The molecule has 1 N–H and O–H groups in total. The Kier molecular flexibility index (Phi) is 5.15. The van der Waals surface area contributed by atoms with Crippen LogP contribution in [0.25, 0.3) is 0 Å². The minimum Gasteiger partial charge on any atom is -0.481 e. The van der Waals surface area contributed by atoms with Crippen LogP contribution in [-0.2, 0) is 9.59 Å². The number of para-hydroxylation sites is 1. The number of carbonyl (C=O) groups is 2. The van der Waals surface area contributed by atoms with E-state index in [1.54, 1.807) is 11.8 Å². The number of hydrogen-bond donors (Lipinski definition) is 1. The highest BCUT2D eigenvalue weighted by Crippen LogP contribution is 2.30. The molecule has 0 bridgehead atoms. The molecule has 1 aromatic rings. The Bertz CT molecular complexity index is 523. The number of amides is 1. The molecule has 0 heterocycles. The Morgan fingerprint density at radius 1 is 1.19 bits per heavy atom. The molecule has 4 heteroatoms. The number of benzene rings is 1. The summed E-state index contributed by atoms with van der Waals surface area (Å²) in [6.45, 7) is 11.2. The van der Waals surface area contributed by atoms with Gasteiger partial charge in [0.25, 0.3) is 0 Å². The third-order valence-corrected chi connectivity index (χ3v) is 3.47. The minimum atomic E-state index is -0.895. The first-order valence-electron chi connectivity index (χ1n) is 7.16. The number of nitrogens with zero attached hydrogens (tertiary/aromatic N) is 1. The molecular weight excluding hydrogens is 266 g/mol. The third kappa shape index (κ3) is 4.06. The summed E-state index contributed by atoms with van der Waals surface area (Å²) in [6.07, 6.45) is 0. The summed E-state index contributed by atoms with van der Waals surface area (Å²) in [5.74, 6) is -1.57. The molecule has 0 aliphatic rings. The van der Waals surface area contributed by atoms with E-state index in [4.69, 9.17) is 5.11 Å². The maximum Gasteiger partial charge on any atom is 0.308 e. The molecule has 0 spiro atoms. The van der Waals surface area contributed by atoms with Gasteiger partial charge in [-0.1, -0.05) is 45.9 Å². The van der Waals surface area contributed by atoms with E-state index >= 15 is 0 Å². The second kappa shape index (κ2) is 6.29. The first kappa shape index (κ1) is 17.2. The number of carbonyl (C=O) groups excluding carboxylic acids is 1. The molecule has 0 radical (unpaired) electrons. The van der Waals surface area contributed by atoms with Crippen LogP contribution in [0.5, 0.6) is 0 Å². The van der Waals surface area contributed by atoms with E-state index in [1.165, 1.54) is 0 Å². The Morgan fingerprint density at radius 3 is 2.05 bits per heavy atom. The van der Waals surface area contributed by atoms with Crippen LogP contribution < -0.4 is 4.90 Å². The van der Waals surface area contributed by atoms with Crippen molar-refractivity contribution in [3.63, 3.8) is 0 Å². The second-order valence-corrected chi connectivity index (χ2v) is 6.65. The van der Waals surface area contributed by atoms with Gasteiger partial charge >= 0.3 is 5.97 Å². The van der Waals surface area contributed by atoms with Gasteiger partial charge in [-0.15, -0.1) is 0 Å². The zero-order valence-corrected chi connectivity index (χ0v) is 13.7. The van der Waals surface area contributed by atoms with Gasteiger partial charge in [-0.25, -0.2) is 0 Å². The Hall–Kier alpha value is -1.84. The SMILES string of the molecule is Cc1cccc(C)c1N(CC(C)C(=O)O)C(=O)C(C)(C)C.